The molecule has 0 aromatic heterocycles. The van der Waals surface area contributed by atoms with Crippen molar-refractivity contribution in [2.24, 2.45) is 0 Å². The lowest BCUT2D eigenvalue weighted by Gasteiger charge is -2.08. The SMILES string of the molecule is CNS(=O)(=O)c1ccc(-c2ccccc2)cc1N. The Labute approximate surface area is 107 Å². The summed E-state index contributed by atoms with van der Waals surface area (Å²) in [7, 11) is -2.14. The van der Waals surface area contributed by atoms with Gasteiger partial charge in [-0.05, 0) is 30.3 Å². The summed E-state index contributed by atoms with van der Waals surface area (Å²) in [4.78, 5) is 0.102. The number of anilines is 1. The van der Waals surface area contributed by atoms with Gasteiger partial charge in [-0.2, -0.15) is 0 Å². The third-order valence-corrected chi connectivity index (χ3v) is 4.16. The summed E-state index contributed by atoms with van der Waals surface area (Å²) in [5, 5.41) is 0. The van der Waals surface area contributed by atoms with E-state index < -0.39 is 10.0 Å². The molecule has 0 saturated heterocycles. The van der Waals surface area contributed by atoms with Crippen molar-refractivity contribution in [2.45, 2.75) is 4.90 Å². The highest BCUT2D eigenvalue weighted by atomic mass is 32.2. The zero-order valence-electron chi connectivity index (χ0n) is 9.92. The molecule has 0 aliphatic carbocycles. The van der Waals surface area contributed by atoms with Crippen molar-refractivity contribution in [3.05, 3.63) is 48.5 Å². The number of rotatable bonds is 3. The molecule has 0 fully saturated rings. The van der Waals surface area contributed by atoms with Crippen LogP contribution in [0.25, 0.3) is 11.1 Å². The molecule has 0 aliphatic heterocycles. The van der Waals surface area contributed by atoms with Crippen LogP contribution in [-0.4, -0.2) is 15.5 Å². The van der Waals surface area contributed by atoms with Gasteiger partial charge in [0.25, 0.3) is 0 Å². The van der Waals surface area contributed by atoms with Crippen LogP contribution in [0.4, 0.5) is 5.69 Å². The largest absolute Gasteiger partial charge is 0.398 e. The van der Waals surface area contributed by atoms with Crippen LogP contribution in [0.5, 0.6) is 0 Å². The first-order valence-electron chi connectivity index (χ1n) is 5.43. The number of hydrogen-bond acceptors (Lipinski definition) is 3. The molecule has 0 spiro atoms. The first-order valence-corrected chi connectivity index (χ1v) is 6.91. The number of benzene rings is 2. The van der Waals surface area contributed by atoms with Crippen LogP contribution >= 0.6 is 0 Å². The molecule has 18 heavy (non-hydrogen) atoms. The summed E-state index contributed by atoms with van der Waals surface area (Å²) in [5.41, 5.74) is 7.93. The Bertz CT molecular complexity index is 652. The number of nitrogens with two attached hydrogens (primary N) is 1. The van der Waals surface area contributed by atoms with E-state index in [4.69, 9.17) is 5.73 Å². The standard InChI is InChI=1S/C13H14N2O2S/c1-15-18(16,17)13-8-7-11(9-12(13)14)10-5-3-2-4-6-10/h2-9,15H,14H2,1H3. The van der Waals surface area contributed by atoms with E-state index >= 15 is 0 Å². The van der Waals surface area contributed by atoms with Gasteiger partial charge in [0, 0.05) is 0 Å². The summed E-state index contributed by atoms with van der Waals surface area (Å²) < 4.78 is 25.6. The molecule has 0 saturated carbocycles. The van der Waals surface area contributed by atoms with Crippen molar-refractivity contribution in [2.75, 3.05) is 12.8 Å². The Kier molecular flexibility index (Phi) is 3.36. The predicted molar refractivity (Wildman–Crippen MR) is 72.5 cm³/mol. The molecule has 94 valence electrons. The maximum atomic E-state index is 11.7. The van der Waals surface area contributed by atoms with E-state index in [1.54, 1.807) is 12.1 Å². The highest BCUT2D eigenvalue weighted by Crippen LogP contribution is 2.26. The number of hydrogen-bond donors (Lipinski definition) is 2. The summed E-state index contributed by atoms with van der Waals surface area (Å²) in [6, 6.07) is 14.6. The molecule has 2 aromatic rings. The lowest BCUT2D eigenvalue weighted by molar-refractivity contribution is 0.588. The predicted octanol–water partition coefficient (Wildman–Crippen LogP) is 1.84. The van der Waals surface area contributed by atoms with Gasteiger partial charge < -0.3 is 5.73 Å². The molecule has 3 N–H and O–H groups in total. The molecule has 0 bridgehead atoms. The van der Waals surface area contributed by atoms with Crippen molar-refractivity contribution < 1.29 is 8.42 Å². The minimum Gasteiger partial charge on any atom is -0.398 e. The first-order chi connectivity index (χ1) is 8.54. The van der Waals surface area contributed by atoms with Crippen LogP contribution in [0, 0.1) is 0 Å². The Morgan fingerprint density at radius 3 is 2.22 bits per heavy atom. The fraction of sp³-hybridized carbons (Fsp3) is 0.0769. The topological polar surface area (TPSA) is 72.2 Å². The minimum atomic E-state index is -3.50. The lowest BCUT2D eigenvalue weighted by Crippen LogP contribution is -2.19. The van der Waals surface area contributed by atoms with E-state index in [9.17, 15) is 8.42 Å². The molecule has 0 atom stereocenters. The fourth-order valence-corrected chi connectivity index (χ4v) is 2.55. The van der Waals surface area contributed by atoms with Gasteiger partial charge in [0.15, 0.2) is 0 Å². The molecule has 0 unspecified atom stereocenters. The van der Waals surface area contributed by atoms with Crippen LogP contribution in [-0.2, 0) is 10.0 Å². The van der Waals surface area contributed by atoms with Crippen molar-refractivity contribution >= 4 is 15.7 Å². The quantitative estimate of drug-likeness (QED) is 0.829. The van der Waals surface area contributed by atoms with E-state index in [-0.39, 0.29) is 10.6 Å². The maximum absolute atomic E-state index is 11.7. The zero-order valence-corrected chi connectivity index (χ0v) is 10.7. The smallest absolute Gasteiger partial charge is 0.242 e. The summed E-state index contributed by atoms with van der Waals surface area (Å²) >= 11 is 0. The molecule has 0 aliphatic rings. The second kappa shape index (κ2) is 4.80. The molecule has 0 amide bonds. The Morgan fingerprint density at radius 2 is 1.67 bits per heavy atom. The molecular formula is C13H14N2O2S. The van der Waals surface area contributed by atoms with Gasteiger partial charge in [0.2, 0.25) is 10.0 Å². The van der Waals surface area contributed by atoms with Crippen LogP contribution < -0.4 is 10.5 Å². The van der Waals surface area contributed by atoms with Gasteiger partial charge in [0.05, 0.1) is 5.69 Å². The van der Waals surface area contributed by atoms with Gasteiger partial charge >= 0.3 is 0 Å². The lowest BCUT2D eigenvalue weighted by atomic mass is 10.1. The third kappa shape index (κ3) is 2.37. The third-order valence-electron chi connectivity index (χ3n) is 2.68. The summed E-state index contributed by atoms with van der Waals surface area (Å²) in [5.74, 6) is 0. The zero-order chi connectivity index (χ0) is 13.2. The van der Waals surface area contributed by atoms with E-state index in [0.717, 1.165) is 11.1 Å². The molecular weight excluding hydrogens is 248 g/mol. The molecule has 5 heteroatoms. The van der Waals surface area contributed by atoms with Gasteiger partial charge in [-0.25, -0.2) is 13.1 Å². The van der Waals surface area contributed by atoms with Gasteiger partial charge in [-0.3, -0.25) is 0 Å². The second-order valence-electron chi connectivity index (χ2n) is 3.83. The fourth-order valence-electron chi connectivity index (χ4n) is 1.71. The Morgan fingerprint density at radius 1 is 1.00 bits per heavy atom. The first kappa shape index (κ1) is 12.6. The second-order valence-corrected chi connectivity index (χ2v) is 5.68. The highest BCUT2D eigenvalue weighted by Gasteiger charge is 2.15. The van der Waals surface area contributed by atoms with E-state index in [1.807, 2.05) is 30.3 Å². The van der Waals surface area contributed by atoms with Crippen molar-refractivity contribution in [3.63, 3.8) is 0 Å². The average Bonchev–Trinajstić information content (AvgIpc) is 2.39. The maximum Gasteiger partial charge on any atom is 0.242 e. The summed E-state index contributed by atoms with van der Waals surface area (Å²) in [6.07, 6.45) is 0. The minimum absolute atomic E-state index is 0.102. The normalized spacial score (nSPS) is 11.4. The Balaban J connectivity index is 2.50. The van der Waals surface area contributed by atoms with Crippen molar-refractivity contribution in [1.29, 1.82) is 0 Å². The molecule has 0 radical (unpaired) electrons. The Hall–Kier alpha value is -1.85. The van der Waals surface area contributed by atoms with Crippen LogP contribution in [0.1, 0.15) is 0 Å². The molecule has 4 nitrogen and oxygen atoms in total. The molecule has 2 rings (SSSR count). The number of nitrogen functional groups attached to an aromatic ring is 1. The van der Waals surface area contributed by atoms with Crippen molar-refractivity contribution in [1.82, 2.24) is 4.72 Å². The number of sulfonamides is 1. The van der Waals surface area contributed by atoms with Crippen LogP contribution in [0.15, 0.2) is 53.4 Å². The monoisotopic (exact) mass is 262 g/mol. The van der Waals surface area contributed by atoms with E-state index in [0.29, 0.717) is 0 Å². The molecule has 2 aromatic carbocycles. The van der Waals surface area contributed by atoms with Gasteiger partial charge in [-0.15, -0.1) is 0 Å². The van der Waals surface area contributed by atoms with Crippen LogP contribution in [0.3, 0.4) is 0 Å². The van der Waals surface area contributed by atoms with E-state index in [2.05, 4.69) is 4.72 Å². The highest BCUT2D eigenvalue weighted by molar-refractivity contribution is 7.89. The van der Waals surface area contributed by atoms with Crippen molar-refractivity contribution in [3.8, 4) is 11.1 Å². The van der Waals surface area contributed by atoms with E-state index in [1.165, 1.54) is 13.1 Å². The van der Waals surface area contributed by atoms with Crippen LogP contribution in [0.2, 0.25) is 0 Å². The number of nitrogens with one attached hydrogen (secondary N) is 1. The average molecular weight is 262 g/mol. The van der Waals surface area contributed by atoms with Gasteiger partial charge in [0.1, 0.15) is 4.90 Å². The summed E-state index contributed by atoms with van der Waals surface area (Å²) in [6.45, 7) is 0. The molecule has 0 heterocycles. The van der Waals surface area contributed by atoms with Gasteiger partial charge in [-0.1, -0.05) is 36.4 Å².